The third kappa shape index (κ3) is 24.8. The Kier molecular flexibility index (Phi) is 9.14. The van der Waals surface area contributed by atoms with Crippen LogP contribution in [0.15, 0.2) is 12.7 Å². The molecule has 0 bridgehead atoms. The molecule has 0 rings (SSSR count). The van der Waals surface area contributed by atoms with Gasteiger partial charge in [0.2, 0.25) is 0 Å². The normalized spacial score (nSPS) is 11.6. The number of hydrogen-bond acceptors (Lipinski definition) is 3. The summed E-state index contributed by atoms with van der Waals surface area (Å²) < 4.78 is 15.1. The highest BCUT2D eigenvalue weighted by Crippen LogP contribution is 2.35. The molecule has 0 unspecified atom stereocenters. The van der Waals surface area contributed by atoms with E-state index in [9.17, 15) is 4.57 Å². The Bertz CT molecular complexity index is 209. The van der Waals surface area contributed by atoms with Gasteiger partial charge in [0.05, 0.1) is 21.1 Å². The summed E-state index contributed by atoms with van der Waals surface area (Å²) in [6, 6.07) is 0. The number of nitrogens with zero attached hydrogens (tertiary/aromatic N) is 1. The average molecular weight is 241 g/mol. The maximum atomic E-state index is 10.2. The van der Waals surface area contributed by atoms with Gasteiger partial charge < -0.3 is 20.0 Å². The quantitative estimate of drug-likeness (QED) is 0.356. The van der Waals surface area contributed by atoms with E-state index in [0.29, 0.717) is 17.6 Å². The SMILES string of the molecule is C=CCN.C[N+](C)(C)CCOP(=O)(O)O. The number of quaternary nitrogens is 1. The highest BCUT2D eigenvalue weighted by atomic mass is 31.2. The van der Waals surface area contributed by atoms with Gasteiger partial charge in [0.15, 0.2) is 0 Å². The van der Waals surface area contributed by atoms with Crippen molar-refractivity contribution in [1.29, 1.82) is 0 Å². The molecule has 6 nitrogen and oxygen atoms in total. The van der Waals surface area contributed by atoms with Crippen LogP contribution in [0.5, 0.6) is 0 Å². The molecular weight excluding hydrogens is 219 g/mol. The molecule has 92 valence electrons. The highest BCUT2D eigenvalue weighted by molar-refractivity contribution is 7.46. The number of phosphoric ester groups is 1. The minimum absolute atomic E-state index is 0.0772. The Hall–Kier alpha value is -0.230. The van der Waals surface area contributed by atoms with Crippen molar-refractivity contribution < 1.29 is 23.4 Å². The van der Waals surface area contributed by atoms with Crippen LogP contribution in [0.3, 0.4) is 0 Å². The first-order valence-electron chi connectivity index (χ1n) is 4.44. The monoisotopic (exact) mass is 241 g/mol. The molecule has 0 aliphatic heterocycles. The average Bonchev–Trinajstić information content (AvgIpc) is 2.00. The molecule has 0 spiro atoms. The molecule has 0 saturated carbocycles. The second kappa shape index (κ2) is 7.98. The Morgan fingerprint density at radius 2 is 1.87 bits per heavy atom. The standard InChI is InChI=1S/C5H14NO4P.C3H7N/c1-6(2,3)4-5-10-11(7,8)9;1-2-3-4/h4-5H2,1-3H3,(H-,7,8,9);2H,1,3-4H2/p+1. The van der Waals surface area contributed by atoms with Crippen LogP contribution in [0.1, 0.15) is 0 Å². The van der Waals surface area contributed by atoms with E-state index in [-0.39, 0.29) is 6.61 Å². The smallest absolute Gasteiger partial charge is 0.329 e. The van der Waals surface area contributed by atoms with Gasteiger partial charge in [-0.25, -0.2) is 4.57 Å². The minimum Gasteiger partial charge on any atom is -0.329 e. The van der Waals surface area contributed by atoms with Crippen molar-refractivity contribution in [2.45, 2.75) is 0 Å². The summed E-state index contributed by atoms with van der Waals surface area (Å²) in [6.45, 7) is 4.59. The second-order valence-electron chi connectivity index (χ2n) is 3.86. The summed E-state index contributed by atoms with van der Waals surface area (Å²) in [5.74, 6) is 0. The largest absolute Gasteiger partial charge is 0.469 e. The molecular formula is C8H22N2O4P+. The van der Waals surface area contributed by atoms with E-state index in [0.717, 1.165) is 0 Å². The number of nitrogens with two attached hydrogens (primary N) is 1. The van der Waals surface area contributed by atoms with Gasteiger partial charge >= 0.3 is 7.82 Å². The van der Waals surface area contributed by atoms with Crippen LogP contribution in [-0.2, 0) is 9.09 Å². The minimum atomic E-state index is -4.26. The first-order chi connectivity index (χ1) is 6.62. The first-order valence-corrected chi connectivity index (χ1v) is 5.97. The fourth-order valence-electron chi connectivity index (χ4n) is 0.434. The summed E-state index contributed by atoms with van der Waals surface area (Å²) in [5, 5.41) is 0. The summed E-state index contributed by atoms with van der Waals surface area (Å²) >= 11 is 0. The van der Waals surface area contributed by atoms with Crippen LogP contribution >= 0.6 is 7.82 Å². The highest BCUT2D eigenvalue weighted by Gasteiger charge is 2.15. The van der Waals surface area contributed by atoms with Gasteiger partial charge in [-0.05, 0) is 0 Å². The molecule has 0 amide bonds. The van der Waals surface area contributed by atoms with Crippen molar-refractivity contribution in [3.8, 4) is 0 Å². The van der Waals surface area contributed by atoms with Crippen LogP contribution in [-0.4, -0.2) is 55.1 Å². The van der Waals surface area contributed by atoms with Crippen LogP contribution in [0.2, 0.25) is 0 Å². The third-order valence-electron chi connectivity index (χ3n) is 1.19. The van der Waals surface area contributed by atoms with Crippen molar-refractivity contribution in [3.63, 3.8) is 0 Å². The molecule has 0 saturated heterocycles. The van der Waals surface area contributed by atoms with Crippen molar-refractivity contribution in [2.75, 3.05) is 40.8 Å². The van der Waals surface area contributed by atoms with E-state index in [2.05, 4.69) is 11.1 Å². The predicted octanol–water partition coefficient (Wildman–Crippen LogP) is -0.0670. The van der Waals surface area contributed by atoms with Gasteiger partial charge in [0, 0.05) is 6.54 Å². The van der Waals surface area contributed by atoms with E-state index >= 15 is 0 Å². The Balaban J connectivity index is 0. The molecule has 0 aromatic heterocycles. The lowest BCUT2D eigenvalue weighted by atomic mass is 10.5. The summed E-state index contributed by atoms with van der Waals surface area (Å²) in [6.07, 6.45) is 1.65. The second-order valence-corrected chi connectivity index (χ2v) is 5.10. The molecule has 0 fully saturated rings. The van der Waals surface area contributed by atoms with E-state index in [1.807, 2.05) is 21.1 Å². The fourth-order valence-corrected chi connectivity index (χ4v) is 0.753. The van der Waals surface area contributed by atoms with Gasteiger partial charge in [0.25, 0.3) is 0 Å². The zero-order chi connectivity index (χ0) is 12.5. The Morgan fingerprint density at radius 1 is 1.47 bits per heavy atom. The zero-order valence-electron chi connectivity index (χ0n) is 9.59. The molecule has 0 atom stereocenters. The summed E-state index contributed by atoms with van der Waals surface area (Å²) in [4.78, 5) is 16.6. The van der Waals surface area contributed by atoms with Gasteiger partial charge in [0.1, 0.15) is 13.2 Å². The van der Waals surface area contributed by atoms with E-state index in [4.69, 9.17) is 15.5 Å². The molecule has 0 heterocycles. The lowest BCUT2D eigenvalue weighted by molar-refractivity contribution is -0.870. The van der Waals surface area contributed by atoms with Gasteiger partial charge in [-0.1, -0.05) is 6.08 Å². The van der Waals surface area contributed by atoms with Crippen LogP contribution in [0, 0.1) is 0 Å². The molecule has 0 aliphatic carbocycles. The number of likely N-dealkylation sites (N-methyl/N-ethyl adjacent to an activating group) is 1. The first kappa shape index (κ1) is 17.2. The van der Waals surface area contributed by atoms with Crippen molar-refractivity contribution in [1.82, 2.24) is 0 Å². The van der Waals surface area contributed by atoms with Crippen molar-refractivity contribution in [2.24, 2.45) is 5.73 Å². The molecule has 7 heteroatoms. The maximum absolute atomic E-state index is 10.2. The zero-order valence-corrected chi connectivity index (χ0v) is 10.5. The topological polar surface area (TPSA) is 92.8 Å². The molecule has 15 heavy (non-hydrogen) atoms. The van der Waals surface area contributed by atoms with Crippen LogP contribution in [0.4, 0.5) is 0 Å². The molecule has 0 aromatic carbocycles. The number of rotatable bonds is 5. The van der Waals surface area contributed by atoms with Crippen LogP contribution < -0.4 is 5.73 Å². The third-order valence-corrected chi connectivity index (χ3v) is 1.71. The lowest BCUT2D eigenvalue weighted by Crippen LogP contribution is -2.37. The molecule has 0 aliphatic rings. The van der Waals surface area contributed by atoms with Gasteiger partial charge in [-0.3, -0.25) is 4.52 Å². The molecule has 0 aromatic rings. The van der Waals surface area contributed by atoms with E-state index in [1.54, 1.807) is 6.08 Å². The maximum Gasteiger partial charge on any atom is 0.469 e. The summed E-state index contributed by atoms with van der Waals surface area (Å²) in [7, 11) is 1.50. The molecule has 4 N–H and O–H groups in total. The summed E-state index contributed by atoms with van der Waals surface area (Å²) in [5.41, 5.74) is 4.91. The van der Waals surface area contributed by atoms with Crippen molar-refractivity contribution in [3.05, 3.63) is 12.7 Å². The van der Waals surface area contributed by atoms with E-state index < -0.39 is 7.82 Å². The molecule has 0 radical (unpaired) electrons. The van der Waals surface area contributed by atoms with E-state index in [1.165, 1.54) is 0 Å². The number of hydrogen-bond donors (Lipinski definition) is 3. The fraction of sp³-hybridized carbons (Fsp3) is 0.750. The van der Waals surface area contributed by atoms with Crippen molar-refractivity contribution >= 4 is 7.82 Å². The van der Waals surface area contributed by atoms with Gasteiger partial charge in [-0.15, -0.1) is 6.58 Å². The Morgan fingerprint density at radius 3 is 2.07 bits per heavy atom. The van der Waals surface area contributed by atoms with Gasteiger partial charge in [-0.2, -0.15) is 0 Å². The Labute approximate surface area is 91.2 Å². The number of phosphoric acid groups is 1. The lowest BCUT2D eigenvalue weighted by Gasteiger charge is -2.23. The predicted molar refractivity (Wildman–Crippen MR) is 60.1 cm³/mol. The van der Waals surface area contributed by atoms with Crippen LogP contribution in [0.25, 0.3) is 0 Å².